The number of hydrogen-bond donors (Lipinski definition) is 1. The van der Waals surface area contributed by atoms with Crippen LogP contribution in [0.5, 0.6) is 0 Å². The van der Waals surface area contributed by atoms with Crippen molar-refractivity contribution in [2.75, 3.05) is 33.7 Å². The molecule has 2 aliphatic rings. The van der Waals surface area contributed by atoms with E-state index in [1.165, 1.54) is 25.8 Å². The molecule has 2 heterocycles. The quantitative estimate of drug-likeness (QED) is 0.811. The Labute approximate surface area is 111 Å². The molecule has 2 saturated heterocycles. The Balaban J connectivity index is 1.94. The Kier molecular flexibility index (Phi) is 5.01. The van der Waals surface area contributed by atoms with Gasteiger partial charge in [0.25, 0.3) is 0 Å². The molecule has 4 heteroatoms. The van der Waals surface area contributed by atoms with Crippen molar-refractivity contribution in [3.63, 3.8) is 0 Å². The van der Waals surface area contributed by atoms with E-state index in [4.69, 9.17) is 10.5 Å². The van der Waals surface area contributed by atoms with E-state index >= 15 is 0 Å². The molecule has 2 aliphatic heterocycles. The summed E-state index contributed by atoms with van der Waals surface area (Å²) in [5.74, 6) is 0. The predicted octanol–water partition coefficient (Wildman–Crippen LogP) is 0.907. The van der Waals surface area contributed by atoms with Gasteiger partial charge in [0.05, 0.1) is 12.2 Å². The van der Waals surface area contributed by atoms with Gasteiger partial charge in [-0.1, -0.05) is 0 Å². The summed E-state index contributed by atoms with van der Waals surface area (Å²) < 4.78 is 6.02. The van der Waals surface area contributed by atoms with Crippen LogP contribution in [0, 0.1) is 0 Å². The zero-order chi connectivity index (χ0) is 13.1. The summed E-state index contributed by atoms with van der Waals surface area (Å²) in [4.78, 5) is 4.91. The number of hydrogen-bond acceptors (Lipinski definition) is 4. The smallest absolute Gasteiger partial charge is 0.0747 e. The van der Waals surface area contributed by atoms with E-state index in [2.05, 4.69) is 30.8 Å². The number of ether oxygens (including phenoxy) is 1. The SMILES string of the molecule is CC1CCC(C(CN)N(C)C2CCCN(C)C2)O1. The standard InChI is InChI=1S/C14H29N3O/c1-11-6-7-14(18-11)13(9-15)17(3)12-5-4-8-16(2)10-12/h11-14H,4-10,15H2,1-3H3. The summed E-state index contributed by atoms with van der Waals surface area (Å²) in [6.07, 6.45) is 5.67. The molecule has 2 rings (SSSR count). The van der Waals surface area contributed by atoms with Gasteiger partial charge in [-0.15, -0.1) is 0 Å². The molecule has 0 radical (unpaired) electrons. The fraction of sp³-hybridized carbons (Fsp3) is 1.00. The van der Waals surface area contributed by atoms with Gasteiger partial charge in [-0.2, -0.15) is 0 Å². The molecular weight excluding hydrogens is 226 g/mol. The maximum Gasteiger partial charge on any atom is 0.0747 e. The zero-order valence-corrected chi connectivity index (χ0v) is 12.1. The van der Waals surface area contributed by atoms with Crippen LogP contribution in [-0.4, -0.2) is 67.8 Å². The predicted molar refractivity (Wildman–Crippen MR) is 74.7 cm³/mol. The highest BCUT2D eigenvalue weighted by atomic mass is 16.5. The molecule has 18 heavy (non-hydrogen) atoms. The minimum atomic E-state index is 0.335. The number of piperidine rings is 1. The molecule has 0 aliphatic carbocycles. The molecule has 0 spiro atoms. The molecule has 0 aromatic heterocycles. The number of nitrogens with two attached hydrogens (primary N) is 1. The van der Waals surface area contributed by atoms with Crippen LogP contribution in [0.3, 0.4) is 0 Å². The van der Waals surface area contributed by atoms with E-state index < -0.39 is 0 Å². The molecule has 0 amide bonds. The van der Waals surface area contributed by atoms with Crippen molar-refractivity contribution in [1.29, 1.82) is 0 Å². The van der Waals surface area contributed by atoms with Gasteiger partial charge in [-0.25, -0.2) is 0 Å². The third kappa shape index (κ3) is 3.23. The van der Waals surface area contributed by atoms with Gasteiger partial charge in [-0.05, 0) is 53.2 Å². The number of rotatable bonds is 4. The molecule has 2 N–H and O–H groups in total. The minimum absolute atomic E-state index is 0.335. The lowest BCUT2D eigenvalue weighted by molar-refractivity contribution is -0.0175. The first-order valence-corrected chi connectivity index (χ1v) is 7.37. The maximum absolute atomic E-state index is 6.02. The fourth-order valence-electron chi connectivity index (χ4n) is 3.44. The van der Waals surface area contributed by atoms with E-state index in [1.807, 2.05) is 0 Å². The normalized spacial score (nSPS) is 36.2. The van der Waals surface area contributed by atoms with Gasteiger partial charge in [0.1, 0.15) is 0 Å². The van der Waals surface area contributed by atoms with Crippen LogP contribution in [-0.2, 0) is 4.74 Å². The van der Waals surface area contributed by atoms with Crippen LogP contribution in [0.1, 0.15) is 32.6 Å². The number of likely N-dealkylation sites (N-methyl/N-ethyl adjacent to an activating group) is 2. The summed E-state index contributed by atoms with van der Waals surface area (Å²) in [5, 5.41) is 0. The molecular formula is C14H29N3O. The van der Waals surface area contributed by atoms with Crippen molar-refractivity contribution in [2.45, 2.75) is 56.9 Å². The molecule has 0 aromatic carbocycles. The lowest BCUT2D eigenvalue weighted by Gasteiger charge is -2.41. The van der Waals surface area contributed by atoms with E-state index in [9.17, 15) is 0 Å². The average Bonchev–Trinajstić information content (AvgIpc) is 2.76. The van der Waals surface area contributed by atoms with Crippen LogP contribution < -0.4 is 5.73 Å². The number of nitrogens with zero attached hydrogens (tertiary/aromatic N) is 2. The Morgan fingerprint density at radius 3 is 2.72 bits per heavy atom. The van der Waals surface area contributed by atoms with E-state index in [0.29, 0.717) is 30.8 Å². The molecule has 4 nitrogen and oxygen atoms in total. The highest BCUT2D eigenvalue weighted by Crippen LogP contribution is 2.26. The first-order valence-electron chi connectivity index (χ1n) is 7.37. The molecule has 0 aromatic rings. The molecule has 2 fully saturated rings. The fourth-order valence-corrected chi connectivity index (χ4v) is 3.44. The summed E-state index contributed by atoms with van der Waals surface area (Å²) in [6, 6.07) is 1.02. The monoisotopic (exact) mass is 255 g/mol. The Morgan fingerprint density at radius 1 is 1.39 bits per heavy atom. The minimum Gasteiger partial charge on any atom is -0.374 e. The molecule has 0 bridgehead atoms. The van der Waals surface area contributed by atoms with E-state index in [0.717, 1.165) is 13.0 Å². The zero-order valence-electron chi connectivity index (χ0n) is 12.1. The van der Waals surface area contributed by atoms with Gasteiger partial charge in [0.2, 0.25) is 0 Å². The third-order valence-electron chi connectivity index (χ3n) is 4.63. The van der Waals surface area contributed by atoms with Crippen LogP contribution >= 0.6 is 0 Å². The van der Waals surface area contributed by atoms with Crippen LogP contribution in [0.2, 0.25) is 0 Å². The molecule has 4 atom stereocenters. The Hall–Kier alpha value is -0.160. The lowest BCUT2D eigenvalue weighted by atomic mass is 9.99. The first-order chi connectivity index (χ1) is 8.61. The topological polar surface area (TPSA) is 41.7 Å². The van der Waals surface area contributed by atoms with Gasteiger partial charge < -0.3 is 15.4 Å². The summed E-state index contributed by atoms with van der Waals surface area (Å²) in [5.41, 5.74) is 6.01. The average molecular weight is 255 g/mol. The lowest BCUT2D eigenvalue weighted by Crippen LogP contribution is -2.55. The summed E-state index contributed by atoms with van der Waals surface area (Å²) in [7, 11) is 4.44. The van der Waals surface area contributed by atoms with Crippen molar-refractivity contribution in [3.8, 4) is 0 Å². The number of likely N-dealkylation sites (tertiary alicyclic amines) is 1. The second-order valence-electron chi connectivity index (χ2n) is 6.09. The largest absolute Gasteiger partial charge is 0.374 e. The summed E-state index contributed by atoms with van der Waals surface area (Å²) in [6.45, 7) is 5.26. The van der Waals surface area contributed by atoms with Gasteiger partial charge in [0.15, 0.2) is 0 Å². The van der Waals surface area contributed by atoms with Gasteiger partial charge in [-0.3, -0.25) is 4.90 Å². The van der Waals surface area contributed by atoms with E-state index in [-0.39, 0.29) is 0 Å². The highest BCUT2D eigenvalue weighted by molar-refractivity contribution is 4.89. The van der Waals surface area contributed by atoms with Crippen molar-refractivity contribution in [3.05, 3.63) is 0 Å². The van der Waals surface area contributed by atoms with Crippen molar-refractivity contribution in [2.24, 2.45) is 5.73 Å². The molecule has 0 saturated carbocycles. The summed E-state index contributed by atoms with van der Waals surface area (Å²) >= 11 is 0. The van der Waals surface area contributed by atoms with Crippen molar-refractivity contribution in [1.82, 2.24) is 9.80 Å². The van der Waals surface area contributed by atoms with Gasteiger partial charge in [0, 0.05) is 25.2 Å². The second-order valence-corrected chi connectivity index (χ2v) is 6.09. The van der Waals surface area contributed by atoms with Crippen molar-refractivity contribution < 1.29 is 4.74 Å². The van der Waals surface area contributed by atoms with Crippen LogP contribution in [0.25, 0.3) is 0 Å². The second kappa shape index (κ2) is 6.33. The van der Waals surface area contributed by atoms with Crippen molar-refractivity contribution >= 4 is 0 Å². The highest BCUT2D eigenvalue weighted by Gasteiger charge is 2.34. The molecule has 4 unspecified atom stereocenters. The van der Waals surface area contributed by atoms with Crippen LogP contribution in [0.4, 0.5) is 0 Å². The molecule has 106 valence electrons. The maximum atomic E-state index is 6.02. The third-order valence-corrected chi connectivity index (χ3v) is 4.63. The van der Waals surface area contributed by atoms with Gasteiger partial charge >= 0.3 is 0 Å². The van der Waals surface area contributed by atoms with Crippen LogP contribution in [0.15, 0.2) is 0 Å². The Bertz CT molecular complexity index is 261. The van der Waals surface area contributed by atoms with E-state index in [1.54, 1.807) is 0 Å². The Morgan fingerprint density at radius 2 is 2.17 bits per heavy atom. The first kappa shape index (κ1) is 14.3.